The van der Waals surface area contributed by atoms with E-state index in [4.69, 9.17) is 5.11 Å². The molecule has 2 aromatic heterocycles. The molecule has 0 bridgehead atoms. The van der Waals surface area contributed by atoms with Crippen LogP contribution in [0.15, 0.2) is 34.1 Å². The van der Waals surface area contributed by atoms with Gasteiger partial charge in [0, 0.05) is 24.2 Å². The average molecular weight is 354 g/mol. The normalized spacial score (nSPS) is 12.0. The van der Waals surface area contributed by atoms with E-state index in [-0.39, 0.29) is 23.2 Å². The molecular weight excluding hydrogens is 341 g/mol. The lowest BCUT2D eigenvalue weighted by molar-refractivity contribution is -0.137. The van der Waals surface area contributed by atoms with Crippen LogP contribution in [-0.4, -0.2) is 31.0 Å². The average Bonchev–Trinajstić information content (AvgIpc) is 3.02. The van der Waals surface area contributed by atoms with Crippen molar-refractivity contribution in [2.45, 2.75) is 12.7 Å². The number of halogens is 3. The molecule has 3 aromatic rings. The Hall–Kier alpha value is -2.88. The van der Waals surface area contributed by atoms with E-state index in [1.54, 1.807) is 0 Å². The Morgan fingerprint density at radius 1 is 1.24 bits per heavy atom. The van der Waals surface area contributed by atoms with Crippen LogP contribution in [0.1, 0.15) is 5.56 Å². The van der Waals surface area contributed by atoms with Crippen molar-refractivity contribution in [1.29, 1.82) is 0 Å². The summed E-state index contributed by atoms with van der Waals surface area (Å²) in [5, 5.41) is 15.5. The number of hydrogen-bond donors (Lipinski definition) is 2. The van der Waals surface area contributed by atoms with Crippen molar-refractivity contribution in [2.24, 2.45) is 7.05 Å². The molecule has 0 saturated heterocycles. The molecule has 0 spiro atoms. The van der Waals surface area contributed by atoms with Crippen LogP contribution in [0.5, 0.6) is 0 Å². The van der Waals surface area contributed by atoms with Gasteiger partial charge in [0.25, 0.3) is 5.56 Å². The first-order valence-corrected chi connectivity index (χ1v) is 7.20. The van der Waals surface area contributed by atoms with Crippen LogP contribution in [-0.2, 0) is 19.8 Å². The van der Waals surface area contributed by atoms with Crippen LogP contribution < -0.4 is 11.2 Å². The van der Waals surface area contributed by atoms with Gasteiger partial charge >= 0.3 is 11.9 Å². The molecular formula is C15H13F3N4O3. The first-order valence-electron chi connectivity index (χ1n) is 7.20. The summed E-state index contributed by atoms with van der Waals surface area (Å²) in [7, 11) is 1.37. The van der Waals surface area contributed by atoms with E-state index < -0.39 is 29.6 Å². The molecule has 0 atom stereocenters. The van der Waals surface area contributed by atoms with Gasteiger partial charge in [-0.05, 0) is 12.1 Å². The van der Waals surface area contributed by atoms with Gasteiger partial charge in [-0.2, -0.15) is 18.3 Å². The van der Waals surface area contributed by atoms with Crippen molar-refractivity contribution in [3.8, 4) is 11.1 Å². The van der Waals surface area contributed by atoms with Gasteiger partial charge in [0.2, 0.25) is 0 Å². The summed E-state index contributed by atoms with van der Waals surface area (Å²) in [5.41, 5.74) is -2.36. The fourth-order valence-electron chi connectivity index (χ4n) is 2.65. The molecule has 0 saturated carbocycles. The Morgan fingerprint density at radius 2 is 1.96 bits per heavy atom. The molecule has 0 aliphatic carbocycles. The lowest BCUT2D eigenvalue weighted by Crippen LogP contribution is -2.40. The first-order chi connectivity index (χ1) is 11.7. The molecule has 2 heterocycles. The van der Waals surface area contributed by atoms with Crippen LogP contribution >= 0.6 is 0 Å². The predicted molar refractivity (Wildman–Crippen MR) is 83.1 cm³/mol. The van der Waals surface area contributed by atoms with Gasteiger partial charge in [0.1, 0.15) is 0 Å². The third-order valence-electron chi connectivity index (χ3n) is 3.83. The number of aromatic amines is 1. The third-order valence-corrected chi connectivity index (χ3v) is 3.83. The van der Waals surface area contributed by atoms with E-state index in [9.17, 15) is 22.8 Å². The number of aliphatic hydroxyl groups is 1. The maximum Gasteiger partial charge on any atom is 0.416 e. The lowest BCUT2D eigenvalue weighted by Gasteiger charge is -2.13. The molecule has 132 valence electrons. The van der Waals surface area contributed by atoms with E-state index >= 15 is 0 Å². The van der Waals surface area contributed by atoms with Gasteiger partial charge < -0.3 is 9.67 Å². The zero-order valence-corrected chi connectivity index (χ0v) is 13.0. The number of H-pyrrole nitrogens is 1. The molecule has 10 heteroatoms. The minimum Gasteiger partial charge on any atom is -0.395 e. The molecule has 2 N–H and O–H groups in total. The number of alkyl halides is 3. The summed E-state index contributed by atoms with van der Waals surface area (Å²) >= 11 is 0. The second-order valence-corrected chi connectivity index (χ2v) is 5.47. The molecule has 7 nitrogen and oxygen atoms in total. The van der Waals surface area contributed by atoms with Crippen molar-refractivity contribution < 1.29 is 18.3 Å². The van der Waals surface area contributed by atoms with Crippen molar-refractivity contribution in [2.75, 3.05) is 6.61 Å². The highest BCUT2D eigenvalue weighted by atomic mass is 19.4. The summed E-state index contributed by atoms with van der Waals surface area (Å²) < 4.78 is 41.3. The largest absolute Gasteiger partial charge is 0.416 e. The molecule has 0 amide bonds. The summed E-state index contributed by atoms with van der Waals surface area (Å²) in [6.07, 6.45) is -2.12. The summed E-state index contributed by atoms with van der Waals surface area (Å²) in [6.45, 7) is -0.713. The number of nitrogens with one attached hydrogen (secondary N) is 1. The number of aryl methyl sites for hydroxylation is 1. The highest BCUT2D eigenvalue weighted by Crippen LogP contribution is 2.35. The molecule has 1 aromatic carbocycles. The van der Waals surface area contributed by atoms with Gasteiger partial charge in [-0.15, -0.1) is 0 Å². The molecule has 0 fully saturated rings. The number of aromatic nitrogens is 4. The van der Waals surface area contributed by atoms with Crippen molar-refractivity contribution in [1.82, 2.24) is 19.3 Å². The summed E-state index contributed by atoms with van der Waals surface area (Å²) in [5.74, 6) is 0. The van der Waals surface area contributed by atoms with Gasteiger partial charge in [-0.25, -0.2) is 4.79 Å². The molecule has 0 unspecified atom stereocenters. The number of nitrogens with zero attached hydrogens (tertiary/aromatic N) is 3. The van der Waals surface area contributed by atoms with Crippen LogP contribution in [0.3, 0.4) is 0 Å². The first kappa shape index (κ1) is 17.0. The van der Waals surface area contributed by atoms with Crippen LogP contribution in [0.4, 0.5) is 13.2 Å². The smallest absolute Gasteiger partial charge is 0.395 e. The maximum atomic E-state index is 13.2. The minimum atomic E-state index is -4.61. The zero-order valence-electron chi connectivity index (χ0n) is 13.0. The number of aliphatic hydroxyl groups excluding tert-OH is 1. The topological polar surface area (TPSA) is 92.9 Å². The lowest BCUT2D eigenvalue weighted by atomic mass is 10.0. The standard InChI is InChI=1S/C15H13F3N4O3/c1-21-7-11(13(24)22(2-3-23)14(21)25)9-4-8(15(16,17)18)5-12-10(9)6-19-20-12/h4-7,23H,2-3H2,1H3,(H,19,20). The molecule has 0 radical (unpaired) electrons. The third kappa shape index (κ3) is 2.84. The number of benzene rings is 1. The van der Waals surface area contributed by atoms with Crippen LogP contribution in [0.25, 0.3) is 22.0 Å². The van der Waals surface area contributed by atoms with E-state index in [0.29, 0.717) is 5.39 Å². The van der Waals surface area contributed by atoms with Crippen LogP contribution in [0.2, 0.25) is 0 Å². The van der Waals surface area contributed by atoms with Crippen molar-refractivity contribution in [3.05, 3.63) is 50.9 Å². The van der Waals surface area contributed by atoms with E-state index in [1.807, 2.05) is 0 Å². The van der Waals surface area contributed by atoms with Gasteiger partial charge in [0.15, 0.2) is 0 Å². The van der Waals surface area contributed by atoms with E-state index in [1.165, 1.54) is 19.4 Å². The van der Waals surface area contributed by atoms with Gasteiger partial charge in [-0.3, -0.25) is 14.5 Å². The Morgan fingerprint density at radius 3 is 2.60 bits per heavy atom. The fourth-order valence-corrected chi connectivity index (χ4v) is 2.65. The highest BCUT2D eigenvalue weighted by Gasteiger charge is 2.32. The molecule has 0 aliphatic rings. The van der Waals surface area contributed by atoms with E-state index in [0.717, 1.165) is 21.3 Å². The Bertz CT molecular complexity index is 1060. The molecule has 3 rings (SSSR count). The van der Waals surface area contributed by atoms with Crippen molar-refractivity contribution in [3.63, 3.8) is 0 Å². The monoisotopic (exact) mass is 354 g/mol. The molecule has 0 aliphatic heterocycles. The Balaban J connectivity index is 2.39. The zero-order chi connectivity index (χ0) is 18.4. The summed E-state index contributed by atoms with van der Waals surface area (Å²) in [4.78, 5) is 24.6. The van der Waals surface area contributed by atoms with Crippen molar-refractivity contribution >= 4 is 10.9 Å². The minimum absolute atomic E-state index is 0.00543. The Kier molecular flexibility index (Phi) is 3.99. The molecule has 25 heavy (non-hydrogen) atoms. The number of hydrogen-bond acceptors (Lipinski definition) is 4. The SMILES string of the molecule is Cn1cc(-c2cc(C(F)(F)F)cc3[nH]ncc23)c(=O)n(CCO)c1=O. The predicted octanol–water partition coefficient (Wildman–Crippen LogP) is 1.10. The Labute approximate surface area is 138 Å². The second kappa shape index (κ2) is 5.88. The fraction of sp³-hybridized carbons (Fsp3) is 0.267. The number of rotatable bonds is 3. The quantitative estimate of drug-likeness (QED) is 0.737. The van der Waals surface area contributed by atoms with Crippen LogP contribution in [0, 0.1) is 0 Å². The van der Waals surface area contributed by atoms with E-state index in [2.05, 4.69) is 10.2 Å². The maximum absolute atomic E-state index is 13.2. The number of fused-ring (bicyclic) bond motifs is 1. The second-order valence-electron chi connectivity index (χ2n) is 5.47. The van der Waals surface area contributed by atoms with Gasteiger partial charge in [0.05, 0.1) is 36.0 Å². The summed E-state index contributed by atoms with van der Waals surface area (Å²) in [6, 6.07) is 1.75. The van der Waals surface area contributed by atoms with Gasteiger partial charge in [-0.1, -0.05) is 0 Å². The highest BCUT2D eigenvalue weighted by molar-refractivity contribution is 5.94.